The van der Waals surface area contributed by atoms with Gasteiger partial charge in [0.15, 0.2) is 4.34 Å². The van der Waals surface area contributed by atoms with Gasteiger partial charge >= 0.3 is 0 Å². The number of hydrogen-bond acceptors (Lipinski definition) is 8. The minimum Gasteiger partial charge on any atom is -0.308 e. The van der Waals surface area contributed by atoms with Crippen molar-refractivity contribution < 1.29 is 0 Å². The molecule has 2 heterocycles. The maximum Gasteiger partial charge on any atom is 0.176 e. The van der Waals surface area contributed by atoms with Gasteiger partial charge in [0.2, 0.25) is 0 Å². The summed E-state index contributed by atoms with van der Waals surface area (Å²) < 4.78 is 5.17. The summed E-state index contributed by atoms with van der Waals surface area (Å²) in [5, 5.41) is 0.892. The van der Waals surface area contributed by atoms with Crippen molar-refractivity contribution in [2.45, 2.75) is 42.5 Å². The second kappa shape index (κ2) is 6.78. The van der Waals surface area contributed by atoms with Gasteiger partial charge in [0.1, 0.15) is 23.0 Å². The lowest BCUT2D eigenvalue weighted by Crippen LogP contribution is -2.12. The molecule has 0 bridgehead atoms. The number of hydrazine groups is 1. The number of aryl methyl sites for hydroxylation is 1. The van der Waals surface area contributed by atoms with Crippen LogP contribution in [0.4, 0.5) is 5.82 Å². The van der Waals surface area contributed by atoms with Gasteiger partial charge in [-0.05, 0) is 29.7 Å². The molecule has 0 atom stereocenters. The molecule has 0 aliphatic carbocycles. The van der Waals surface area contributed by atoms with Crippen molar-refractivity contribution >= 4 is 29.1 Å². The summed E-state index contributed by atoms with van der Waals surface area (Å²) >= 11 is 2.92. The standard InChI is InChI=1S/C11H16N6S2/c1-3-5-7-9(16-12)13-6-14-10(7)18-11-15-8(4-2)17-19-11/h6H,3-5,12H2,1-2H3,(H,13,14,16). The Balaban J connectivity index is 2.27. The molecule has 0 aromatic carbocycles. The minimum absolute atomic E-state index is 0.680. The molecular weight excluding hydrogens is 280 g/mol. The highest BCUT2D eigenvalue weighted by Crippen LogP contribution is 2.32. The van der Waals surface area contributed by atoms with Crippen LogP contribution in [-0.4, -0.2) is 19.3 Å². The van der Waals surface area contributed by atoms with Crippen LogP contribution in [0.2, 0.25) is 0 Å². The summed E-state index contributed by atoms with van der Waals surface area (Å²) in [6, 6.07) is 0. The summed E-state index contributed by atoms with van der Waals surface area (Å²) in [5.41, 5.74) is 3.66. The van der Waals surface area contributed by atoms with Crippen LogP contribution in [0.1, 0.15) is 31.7 Å². The van der Waals surface area contributed by atoms with Gasteiger partial charge in [-0.15, -0.1) is 0 Å². The van der Waals surface area contributed by atoms with Crippen LogP contribution in [-0.2, 0) is 12.8 Å². The van der Waals surface area contributed by atoms with Gasteiger partial charge in [0.05, 0.1) is 0 Å². The number of nitrogen functional groups attached to an aromatic ring is 1. The fraction of sp³-hybridized carbons (Fsp3) is 0.455. The van der Waals surface area contributed by atoms with E-state index in [9.17, 15) is 0 Å². The Kier molecular flexibility index (Phi) is 5.06. The second-order valence-corrected chi connectivity index (χ2v) is 5.82. The quantitative estimate of drug-likeness (QED) is 0.480. The van der Waals surface area contributed by atoms with E-state index in [0.717, 1.165) is 40.0 Å². The van der Waals surface area contributed by atoms with Gasteiger partial charge < -0.3 is 5.43 Å². The normalized spacial score (nSPS) is 10.7. The third-order valence-corrected chi connectivity index (χ3v) is 4.33. The Hall–Kier alpha value is -1.25. The van der Waals surface area contributed by atoms with Crippen molar-refractivity contribution in [1.29, 1.82) is 0 Å². The van der Waals surface area contributed by atoms with Crippen LogP contribution < -0.4 is 11.3 Å². The number of nitrogens with one attached hydrogen (secondary N) is 1. The summed E-state index contributed by atoms with van der Waals surface area (Å²) in [6.07, 6.45) is 4.24. The molecule has 0 unspecified atom stereocenters. The smallest absolute Gasteiger partial charge is 0.176 e. The van der Waals surface area contributed by atoms with E-state index in [0.29, 0.717) is 5.82 Å². The predicted octanol–water partition coefficient (Wildman–Crippen LogP) is 2.28. The van der Waals surface area contributed by atoms with Crippen molar-refractivity contribution in [3.05, 3.63) is 17.7 Å². The van der Waals surface area contributed by atoms with Crippen molar-refractivity contribution in [3.8, 4) is 0 Å². The molecule has 19 heavy (non-hydrogen) atoms. The lowest BCUT2D eigenvalue weighted by Gasteiger charge is -2.09. The van der Waals surface area contributed by atoms with Gasteiger partial charge in [-0.1, -0.05) is 20.3 Å². The van der Waals surface area contributed by atoms with Crippen LogP contribution in [0, 0.1) is 0 Å². The average molecular weight is 296 g/mol. The van der Waals surface area contributed by atoms with Gasteiger partial charge in [-0.25, -0.2) is 20.8 Å². The Morgan fingerprint density at radius 1 is 1.37 bits per heavy atom. The summed E-state index contributed by atoms with van der Waals surface area (Å²) in [5.74, 6) is 7.05. The van der Waals surface area contributed by atoms with Crippen LogP contribution >= 0.6 is 23.3 Å². The van der Waals surface area contributed by atoms with Gasteiger partial charge in [0.25, 0.3) is 0 Å². The summed E-state index contributed by atoms with van der Waals surface area (Å²) in [6.45, 7) is 4.15. The fourth-order valence-electron chi connectivity index (χ4n) is 1.59. The second-order valence-electron chi connectivity index (χ2n) is 3.83. The first-order valence-electron chi connectivity index (χ1n) is 6.09. The van der Waals surface area contributed by atoms with Crippen molar-refractivity contribution in [1.82, 2.24) is 19.3 Å². The molecule has 0 radical (unpaired) electrons. The molecule has 2 rings (SSSR count). The largest absolute Gasteiger partial charge is 0.308 e. The van der Waals surface area contributed by atoms with E-state index in [1.54, 1.807) is 0 Å². The zero-order valence-electron chi connectivity index (χ0n) is 10.9. The number of anilines is 1. The molecule has 2 aromatic heterocycles. The number of hydrogen-bond donors (Lipinski definition) is 2. The predicted molar refractivity (Wildman–Crippen MR) is 77.2 cm³/mol. The minimum atomic E-state index is 0.680. The number of rotatable bonds is 6. The van der Waals surface area contributed by atoms with E-state index < -0.39 is 0 Å². The Morgan fingerprint density at radius 3 is 2.84 bits per heavy atom. The van der Waals surface area contributed by atoms with Crippen molar-refractivity contribution in [3.63, 3.8) is 0 Å². The van der Waals surface area contributed by atoms with E-state index in [-0.39, 0.29) is 0 Å². The number of nitrogens with two attached hydrogens (primary N) is 1. The molecule has 0 aliphatic heterocycles. The molecule has 8 heteroatoms. The van der Waals surface area contributed by atoms with E-state index in [1.807, 2.05) is 6.92 Å². The van der Waals surface area contributed by atoms with E-state index in [4.69, 9.17) is 5.84 Å². The first-order chi connectivity index (χ1) is 9.28. The van der Waals surface area contributed by atoms with Crippen LogP contribution in [0.5, 0.6) is 0 Å². The highest BCUT2D eigenvalue weighted by molar-refractivity contribution is 8.00. The Bertz CT molecular complexity index is 542. The zero-order chi connectivity index (χ0) is 13.7. The molecule has 0 saturated carbocycles. The average Bonchev–Trinajstić information content (AvgIpc) is 2.88. The molecule has 0 saturated heterocycles. The molecule has 6 nitrogen and oxygen atoms in total. The molecule has 0 amide bonds. The summed E-state index contributed by atoms with van der Waals surface area (Å²) in [7, 11) is 0. The first-order valence-corrected chi connectivity index (χ1v) is 7.68. The number of aromatic nitrogens is 4. The topological polar surface area (TPSA) is 89.6 Å². The maximum absolute atomic E-state index is 5.49. The SMILES string of the molecule is CCCc1c(NN)ncnc1Sc1nc(CC)ns1. The third kappa shape index (κ3) is 3.40. The highest BCUT2D eigenvalue weighted by Gasteiger charge is 2.13. The molecule has 102 valence electrons. The maximum atomic E-state index is 5.49. The van der Waals surface area contributed by atoms with E-state index in [1.165, 1.54) is 29.6 Å². The Morgan fingerprint density at radius 2 is 2.21 bits per heavy atom. The first kappa shape index (κ1) is 14.2. The molecule has 0 aliphatic rings. The molecular formula is C11H16N6S2. The third-order valence-electron chi connectivity index (χ3n) is 2.49. The van der Waals surface area contributed by atoms with Gasteiger partial charge in [0, 0.05) is 12.0 Å². The van der Waals surface area contributed by atoms with E-state index >= 15 is 0 Å². The molecule has 0 spiro atoms. The monoisotopic (exact) mass is 296 g/mol. The van der Waals surface area contributed by atoms with Crippen LogP contribution in [0.15, 0.2) is 15.7 Å². The van der Waals surface area contributed by atoms with Gasteiger partial charge in [-0.3, -0.25) is 0 Å². The summed E-state index contributed by atoms with van der Waals surface area (Å²) in [4.78, 5) is 12.9. The zero-order valence-corrected chi connectivity index (χ0v) is 12.5. The molecule has 2 aromatic rings. The highest BCUT2D eigenvalue weighted by atomic mass is 32.2. The molecule has 3 N–H and O–H groups in total. The Labute approximate surface area is 120 Å². The van der Waals surface area contributed by atoms with Crippen molar-refractivity contribution in [2.75, 3.05) is 5.43 Å². The van der Waals surface area contributed by atoms with Crippen LogP contribution in [0.3, 0.4) is 0 Å². The fourth-order valence-corrected chi connectivity index (χ4v) is 3.33. The van der Waals surface area contributed by atoms with Crippen LogP contribution in [0.25, 0.3) is 0 Å². The lowest BCUT2D eigenvalue weighted by atomic mass is 10.2. The van der Waals surface area contributed by atoms with E-state index in [2.05, 4.69) is 31.7 Å². The lowest BCUT2D eigenvalue weighted by molar-refractivity contribution is 0.855. The molecule has 0 fully saturated rings. The van der Waals surface area contributed by atoms with Crippen molar-refractivity contribution in [2.24, 2.45) is 5.84 Å². The number of nitrogens with zero attached hydrogens (tertiary/aromatic N) is 4. The van der Waals surface area contributed by atoms with Gasteiger partial charge in [-0.2, -0.15) is 4.37 Å².